The SMILES string of the molecule is COc1ccc(Cn2c(NCc3cccnc3N=O)nc(=O)n(Cc3ccc(OC)cc3)c2=O)cc1. The van der Waals surface area contributed by atoms with E-state index < -0.39 is 11.4 Å². The molecule has 2 heterocycles. The fraction of sp³-hybridized carbons (Fsp3) is 0.200. The Hall–Kier alpha value is -4.80. The van der Waals surface area contributed by atoms with Gasteiger partial charge in [-0.15, -0.1) is 4.91 Å². The summed E-state index contributed by atoms with van der Waals surface area (Å²) in [7, 11) is 3.13. The van der Waals surface area contributed by atoms with Gasteiger partial charge in [-0.2, -0.15) is 4.98 Å². The molecule has 1 N–H and O–H groups in total. The Bertz CT molecular complexity index is 1460. The van der Waals surface area contributed by atoms with Crippen molar-refractivity contribution >= 4 is 11.8 Å². The van der Waals surface area contributed by atoms with Crippen molar-refractivity contribution in [3.63, 3.8) is 0 Å². The predicted octanol–water partition coefficient (Wildman–Crippen LogP) is 2.92. The number of nitrogens with zero attached hydrogens (tertiary/aromatic N) is 5. The summed E-state index contributed by atoms with van der Waals surface area (Å²) < 4.78 is 12.8. The van der Waals surface area contributed by atoms with Crippen LogP contribution < -0.4 is 26.2 Å². The fourth-order valence-corrected chi connectivity index (χ4v) is 3.59. The first kappa shape index (κ1) is 24.3. The minimum Gasteiger partial charge on any atom is -0.497 e. The van der Waals surface area contributed by atoms with Gasteiger partial charge in [0, 0.05) is 18.3 Å². The third kappa shape index (κ3) is 5.46. The van der Waals surface area contributed by atoms with Gasteiger partial charge in [0.1, 0.15) is 11.5 Å². The molecule has 4 rings (SSSR count). The number of benzene rings is 2. The number of anilines is 1. The lowest BCUT2D eigenvalue weighted by atomic mass is 10.2. The molecule has 2 aromatic heterocycles. The summed E-state index contributed by atoms with van der Waals surface area (Å²) in [5.41, 5.74) is 0.799. The smallest absolute Gasteiger partial charge is 0.355 e. The Morgan fingerprint density at radius 3 is 2.00 bits per heavy atom. The predicted molar refractivity (Wildman–Crippen MR) is 134 cm³/mol. The van der Waals surface area contributed by atoms with Crippen LogP contribution in [-0.4, -0.2) is 33.3 Å². The molecule has 0 aliphatic rings. The quantitative estimate of drug-likeness (QED) is 0.337. The second-order valence-corrected chi connectivity index (χ2v) is 7.80. The molecule has 0 unspecified atom stereocenters. The van der Waals surface area contributed by atoms with Crippen molar-refractivity contribution in [2.45, 2.75) is 19.6 Å². The number of hydrogen-bond acceptors (Lipinski definition) is 9. The topological polar surface area (TPSA) is 130 Å². The summed E-state index contributed by atoms with van der Waals surface area (Å²) in [6.07, 6.45) is 1.46. The Kier molecular flexibility index (Phi) is 7.49. The number of methoxy groups -OCH3 is 2. The Balaban J connectivity index is 1.72. The average molecular weight is 489 g/mol. The molecule has 36 heavy (non-hydrogen) atoms. The fourth-order valence-electron chi connectivity index (χ4n) is 3.59. The van der Waals surface area contributed by atoms with Gasteiger partial charge in [-0.25, -0.2) is 19.1 Å². The molecule has 184 valence electrons. The summed E-state index contributed by atoms with van der Waals surface area (Å²) in [5.74, 6) is 1.42. The van der Waals surface area contributed by atoms with Crippen LogP contribution in [0.25, 0.3) is 0 Å². The molecule has 0 atom stereocenters. The first-order chi connectivity index (χ1) is 17.5. The minimum atomic E-state index is -0.704. The maximum atomic E-state index is 13.5. The summed E-state index contributed by atoms with van der Waals surface area (Å²) in [6.45, 7) is 0.276. The van der Waals surface area contributed by atoms with Crippen LogP contribution in [-0.2, 0) is 19.6 Å². The average Bonchev–Trinajstić information content (AvgIpc) is 2.92. The third-order valence-electron chi connectivity index (χ3n) is 5.54. The highest BCUT2D eigenvalue weighted by Gasteiger charge is 2.15. The standard InChI is InChI=1S/C25H24N6O5/c1-35-20-9-5-17(6-10-20)15-30-23(27-14-19-4-3-13-26-22(19)29-34)28-24(32)31(25(30)33)16-18-7-11-21(36-2)12-8-18/h3-13H,14-16H2,1-2H3,(H,27,28,32). The van der Waals surface area contributed by atoms with Crippen molar-refractivity contribution in [3.05, 3.63) is 109 Å². The third-order valence-corrected chi connectivity index (χ3v) is 5.54. The van der Waals surface area contributed by atoms with Crippen molar-refractivity contribution in [3.8, 4) is 11.5 Å². The van der Waals surface area contributed by atoms with Crippen molar-refractivity contribution in [2.75, 3.05) is 19.5 Å². The van der Waals surface area contributed by atoms with Gasteiger partial charge in [-0.3, -0.25) is 4.57 Å². The van der Waals surface area contributed by atoms with Crippen LogP contribution in [0.4, 0.5) is 11.8 Å². The van der Waals surface area contributed by atoms with Crippen LogP contribution in [0, 0.1) is 4.91 Å². The lowest BCUT2D eigenvalue weighted by molar-refractivity contribution is 0.414. The van der Waals surface area contributed by atoms with Gasteiger partial charge in [0.05, 0.1) is 27.3 Å². The molecule has 0 saturated heterocycles. The summed E-state index contributed by atoms with van der Waals surface area (Å²) in [4.78, 5) is 45.6. The van der Waals surface area contributed by atoms with Gasteiger partial charge in [0.15, 0.2) is 0 Å². The molecule has 11 heteroatoms. The first-order valence-electron chi connectivity index (χ1n) is 11.0. The van der Waals surface area contributed by atoms with Crippen molar-refractivity contribution in [2.24, 2.45) is 5.18 Å². The Labute approximate surface area is 206 Å². The van der Waals surface area contributed by atoms with Gasteiger partial charge in [0.25, 0.3) is 0 Å². The Morgan fingerprint density at radius 2 is 1.44 bits per heavy atom. The van der Waals surface area contributed by atoms with E-state index in [2.05, 4.69) is 20.5 Å². The van der Waals surface area contributed by atoms with Gasteiger partial charge in [0.2, 0.25) is 11.8 Å². The zero-order valence-electron chi connectivity index (χ0n) is 19.7. The van der Waals surface area contributed by atoms with E-state index in [1.165, 1.54) is 10.8 Å². The molecule has 11 nitrogen and oxygen atoms in total. The monoisotopic (exact) mass is 488 g/mol. The number of nitroso groups, excluding NO2 is 1. The molecular formula is C25H24N6O5. The summed E-state index contributed by atoms with van der Waals surface area (Å²) in [6, 6.07) is 17.6. The summed E-state index contributed by atoms with van der Waals surface area (Å²) >= 11 is 0. The molecule has 0 radical (unpaired) electrons. The van der Waals surface area contributed by atoms with E-state index in [0.29, 0.717) is 17.1 Å². The lowest BCUT2D eigenvalue weighted by Crippen LogP contribution is -2.43. The number of pyridine rings is 1. The second kappa shape index (κ2) is 11.1. The van der Waals surface area contributed by atoms with Crippen LogP contribution in [0.3, 0.4) is 0 Å². The molecule has 0 amide bonds. The molecular weight excluding hydrogens is 464 g/mol. The lowest BCUT2D eigenvalue weighted by Gasteiger charge is -2.16. The minimum absolute atomic E-state index is 0.0156. The van der Waals surface area contributed by atoms with Crippen LogP contribution in [0.1, 0.15) is 16.7 Å². The van der Waals surface area contributed by atoms with Crippen molar-refractivity contribution in [1.82, 2.24) is 19.1 Å². The highest BCUT2D eigenvalue weighted by atomic mass is 16.5. The molecule has 0 aliphatic heterocycles. The maximum absolute atomic E-state index is 13.5. The van der Waals surface area contributed by atoms with Crippen molar-refractivity contribution in [1.29, 1.82) is 0 Å². The van der Waals surface area contributed by atoms with E-state index in [1.54, 1.807) is 62.8 Å². The zero-order chi connectivity index (χ0) is 25.5. The number of hydrogen-bond donors (Lipinski definition) is 1. The van der Waals surface area contributed by atoms with E-state index in [9.17, 15) is 14.5 Å². The maximum Gasteiger partial charge on any atom is 0.355 e. The number of aromatic nitrogens is 4. The highest BCUT2D eigenvalue weighted by molar-refractivity contribution is 5.40. The number of nitrogens with one attached hydrogen (secondary N) is 1. The first-order valence-corrected chi connectivity index (χ1v) is 11.0. The molecule has 0 spiro atoms. The van der Waals surface area contributed by atoms with Crippen LogP contribution in [0.15, 0.2) is 81.6 Å². The Morgan fingerprint density at radius 1 is 0.861 bits per heavy atom. The van der Waals surface area contributed by atoms with E-state index in [-0.39, 0.29) is 31.4 Å². The van der Waals surface area contributed by atoms with Crippen LogP contribution in [0.2, 0.25) is 0 Å². The van der Waals surface area contributed by atoms with E-state index >= 15 is 0 Å². The van der Waals surface area contributed by atoms with Gasteiger partial charge < -0.3 is 14.8 Å². The zero-order valence-corrected chi connectivity index (χ0v) is 19.7. The van der Waals surface area contributed by atoms with E-state index in [1.807, 2.05) is 12.1 Å². The normalized spacial score (nSPS) is 10.6. The van der Waals surface area contributed by atoms with Crippen molar-refractivity contribution < 1.29 is 9.47 Å². The van der Waals surface area contributed by atoms with E-state index in [4.69, 9.17) is 9.47 Å². The molecule has 0 aliphatic carbocycles. The van der Waals surface area contributed by atoms with Crippen LogP contribution >= 0.6 is 0 Å². The largest absolute Gasteiger partial charge is 0.497 e. The van der Waals surface area contributed by atoms with Gasteiger partial charge in [-0.05, 0) is 46.6 Å². The highest BCUT2D eigenvalue weighted by Crippen LogP contribution is 2.17. The van der Waals surface area contributed by atoms with Gasteiger partial charge >= 0.3 is 11.4 Å². The van der Waals surface area contributed by atoms with Crippen LogP contribution in [0.5, 0.6) is 11.5 Å². The summed E-state index contributed by atoms with van der Waals surface area (Å²) in [5, 5.41) is 5.91. The molecule has 0 bridgehead atoms. The number of rotatable bonds is 10. The molecule has 0 fully saturated rings. The van der Waals surface area contributed by atoms with Gasteiger partial charge in [-0.1, -0.05) is 30.3 Å². The molecule has 2 aromatic carbocycles. The molecule has 4 aromatic rings. The molecule has 0 saturated carbocycles. The number of ether oxygens (including phenoxy) is 2. The van der Waals surface area contributed by atoms with E-state index in [0.717, 1.165) is 15.7 Å². The second-order valence-electron chi connectivity index (χ2n) is 7.80.